The Bertz CT molecular complexity index is 665. The summed E-state index contributed by atoms with van der Waals surface area (Å²) in [6.07, 6.45) is 2.90. The van der Waals surface area contributed by atoms with Crippen LogP contribution in [0.5, 0.6) is 0 Å². The maximum atomic E-state index is 11.0. The Labute approximate surface area is 115 Å². The van der Waals surface area contributed by atoms with Crippen molar-refractivity contribution in [3.05, 3.63) is 48.5 Å². The number of rotatable bonds is 2. The Hall–Kier alpha value is -2.76. The molecule has 0 spiro atoms. The molecule has 0 aliphatic heterocycles. The van der Waals surface area contributed by atoms with Crippen molar-refractivity contribution in [1.82, 2.24) is 0 Å². The minimum Gasteiger partial charge on any atom is -0.427 e. The topological polar surface area (TPSA) is 82.4 Å². The van der Waals surface area contributed by atoms with Crippen molar-refractivity contribution in [2.24, 2.45) is 0 Å². The number of hydrogen-bond donors (Lipinski definition) is 2. The molecule has 2 aromatic rings. The Kier molecular flexibility index (Phi) is 3.74. The van der Waals surface area contributed by atoms with E-state index in [1.54, 1.807) is 24.3 Å². The van der Waals surface area contributed by atoms with Crippen molar-refractivity contribution in [2.45, 2.75) is 13.3 Å². The van der Waals surface area contributed by atoms with Crippen molar-refractivity contribution < 1.29 is 28.9 Å². The molecule has 2 N–H and O–H groups in total. The lowest BCUT2D eigenvalue weighted by Gasteiger charge is -2.01. The molecule has 0 radical (unpaired) electrons. The minimum atomic E-state index is -1.05. The van der Waals surface area contributed by atoms with Crippen LogP contribution in [0.2, 0.25) is 0 Å². The molecule has 2 aromatic heterocycles. The molecule has 6 nitrogen and oxygen atoms in total. The van der Waals surface area contributed by atoms with E-state index in [2.05, 4.69) is 0 Å². The fourth-order valence-electron chi connectivity index (χ4n) is 1.93. The highest BCUT2D eigenvalue weighted by Gasteiger charge is 2.19. The summed E-state index contributed by atoms with van der Waals surface area (Å²) in [7, 11) is 0. The summed E-state index contributed by atoms with van der Waals surface area (Å²) in [5.74, 6) is 0. The van der Waals surface area contributed by atoms with Crippen molar-refractivity contribution >= 4 is 12.2 Å². The van der Waals surface area contributed by atoms with Crippen LogP contribution in [0.4, 0.5) is 9.59 Å². The quantitative estimate of drug-likeness (QED) is 0.814. The molecule has 2 heterocycles. The molecule has 0 unspecified atom stereocenters. The van der Waals surface area contributed by atoms with Crippen LogP contribution in [0.3, 0.4) is 0 Å². The minimum absolute atomic E-state index is 0.585. The Morgan fingerprint density at radius 1 is 1.00 bits per heavy atom. The van der Waals surface area contributed by atoms with Crippen molar-refractivity contribution in [1.29, 1.82) is 0 Å². The first-order valence-corrected chi connectivity index (χ1v) is 6.05. The second-order valence-corrected chi connectivity index (χ2v) is 4.19. The van der Waals surface area contributed by atoms with Gasteiger partial charge in [-0.1, -0.05) is 16.1 Å². The van der Waals surface area contributed by atoms with E-state index in [1.165, 1.54) is 23.2 Å². The number of hydrogen-bond acceptors (Lipinski definition) is 2. The Morgan fingerprint density at radius 3 is 2.10 bits per heavy atom. The number of aromatic nitrogens is 2. The van der Waals surface area contributed by atoms with Crippen LogP contribution in [-0.4, -0.2) is 22.4 Å². The van der Waals surface area contributed by atoms with Gasteiger partial charge in [0.15, 0.2) is 24.3 Å². The summed E-state index contributed by atoms with van der Waals surface area (Å²) in [4.78, 5) is 21.8. The molecule has 0 aliphatic carbocycles. The summed E-state index contributed by atoms with van der Waals surface area (Å²) in [5.41, 5.74) is 2.34. The fraction of sp³-hybridized carbons (Fsp3) is 0.143. The fourth-order valence-corrected chi connectivity index (χ4v) is 1.93. The standard InChI is InChI=1S/C14H12N2O4/c1-2-12-9-11(5-8-16(12)14(19)20)10-3-6-15(7-4-10)13(17)18/h3-9H,2H2,1H3/p+2. The van der Waals surface area contributed by atoms with Crippen molar-refractivity contribution in [3.63, 3.8) is 0 Å². The first-order chi connectivity index (χ1) is 9.52. The van der Waals surface area contributed by atoms with Crippen LogP contribution < -0.4 is 9.13 Å². The first kappa shape index (κ1) is 13.7. The van der Waals surface area contributed by atoms with Gasteiger partial charge in [-0.2, -0.15) is 9.59 Å². The normalized spacial score (nSPS) is 10.2. The highest BCUT2D eigenvalue weighted by molar-refractivity contribution is 5.63. The van der Waals surface area contributed by atoms with Crippen LogP contribution >= 0.6 is 0 Å². The zero-order valence-corrected chi connectivity index (χ0v) is 10.9. The maximum absolute atomic E-state index is 11.0. The average molecular weight is 274 g/mol. The molecule has 0 saturated heterocycles. The van der Waals surface area contributed by atoms with E-state index in [-0.39, 0.29) is 0 Å². The molecule has 0 saturated carbocycles. The predicted octanol–water partition coefficient (Wildman–Crippen LogP) is 1.54. The average Bonchev–Trinajstić information content (AvgIpc) is 2.46. The van der Waals surface area contributed by atoms with Gasteiger partial charge in [0.25, 0.3) is 0 Å². The third-order valence-electron chi connectivity index (χ3n) is 2.99. The van der Waals surface area contributed by atoms with E-state index in [1.807, 2.05) is 6.92 Å². The van der Waals surface area contributed by atoms with Crippen molar-refractivity contribution in [2.75, 3.05) is 0 Å². The summed E-state index contributed by atoms with van der Waals surface area (Å²) >= 11 is 0. The van der Waals surface area contributed by atoms with Gasteiger partial charge in [-0.05, 0) is 11.1 Å². The van der Waals surface area contributed by atoms with Crippen LogP contribution in [0.25, 0.3) is 11.1 Å². The third-order valence-corrected chi connectivity index (χ3v) is 2.99. The molecular weight excluding hydrogens is 260 g/mol. The lowest BCUT2D eigenvalue weighted by Crippen LogP contribution is -2.44. The maximum Gasteiger partial charge on any atom is 0.599 e. The molecule has 102 valence electrons. The van der Waals surface area contributed by atoms with Gasteiger partial charge in [0.05, 0.1) is 0 Å². The molecule has 0 bridgehead atoms. The van der Waals surface area contributed by atoms with Gasteiger partial charge in [-0.25, -0.2) is 0 Å². The number of carbonyl (C=O) groups is 2. The summed E-state index contributed by atoms with van der Waals surface area (Å²) in [6, 6.07) is 6.82. The largest absolute Gasteiger partial charge is 0.599 e. The van der Waals surface area contributed by atoms with Gasteiger partial charge in [0, 0.05) is 30.7 Å². The van der Waals surface area contributed by atoms with E-state index in [0.717, 1.165) is 15.7 Å². The number of carboxylic acid groups (broad SMARTS) is 2. The smallest absolute Gasteiger partial charge is 0.427 e. The van der Waals surface area contributed by atoms with Gasteiger partial charge in [0.1, 0.15) is 0 Å². The zero-order chi connectivity index (χ0) is 14.7. The van der Waals surface area contributed by atoms with Crippen LogP contribution in [0.15, 0.2) is 42.9 Å². The predicted molar refractivity (Wildman–Crippen MR) is 68.5 cm³/mol. The summed E-state index contributed by atoms with van der Waals surface area (Å²) in [5, 5.41) is 17.9. The van der Waals surface area contributed by atoms with Gasteiger partial charge in [-0.15, -0.1) is 0 Å². The van der Waals surface area contributed by atoms with E-state index < -0.39 is 12.2 Å². The molecule has 2 rings (SSSR count). The van der Waals surface area contributed by atoms with Gasteiger partial charge in [0.2, 0.25) is 0 Å². The van der Waals surface area contributed by atoms with Crippen molar-refractivity contribution in [3.8, 4) is 11.1 Å². The lowest BCUT2D eigenvalue weighted by atomic mass is 10.1. The van der Waals surface area contributed by atoms with Crippen LogP contribution in [0.1, 0.15) is 12.6 Å². The third kappa shape index (κ3) is 2.64. The van der Waals surface area contributed by atoms with Gasteiger partial charge in [-0.3, -0.25) is 0 Å². The highest BCUT2D eigenvalue weighted by Crippen LogP contribution is 2.17. The molecule has 0 aromatic carbocycles. The number of nitrogens with zero attached hydrogens (tertiary/aromatic N) is 2. The van der Waals surface area contributed by atoms with Crippen LogP contribution in [-0.2, 0) is 6.42 Å². The molecular formula is C14H14N2O4+2. The van der Waals surface area contributed by atoms with E-state index in [9.17, 15) is 9.59 Å². The van der Waals surface area contributed by atoms with E-state index >= 15 is 0 Å². The lowest BCUT2D eigenvalue weighted by molar-refractivity contribution is -0.592. The molecule has 0 fully saturated rings. The number of aryl methyl sites for hydroxylation is 1. The van der Waals surface area contributed by atoms with Gasteiger partial charge < -0.3 is 10.2 Å². The van der Waals surface area contributed by atoms with Gasteiger partial charge >= 0.3 is 12.2 Å². The van der Waals surface area contributed by atoms with E-state index in [4.69, 9.17) is 10.2 Å². The molecule has 6 heteroatoms. The molecule has 0 amide bonds. The van der Waals surface area contributed by atoms with E-state index in [0.29, 0.717) is 12.1 Å². The zero-order valence-electron chi connectivity index (χ0n) is 10.9. The molecule has 0 aliphatic rings. The molecule has 20 heavy (non-hydrogen) atoms. The Morgan fingerprint density at radius 2 is 1.60 bits per heavy atom. The highest BCUT2D eigenvalue weighted by atomic mass is 16.4. The first-order valence-electron chi connectivity index (χ1n) is 6.05. The summed E-state index contributed by atoms with van der Waals surface area (Å²) in [6.45, 7) is 1.88. The monoisotopic (exact) mass is 274 g/mol. The second-order valence-electron chi connectivity index (χ2n) is 4.19. The second kappa shape index (κ2) is 5.48. The SMILES string of the molecule is CCc1cc(-c2cc[n+](C(=O)O)cc2)cc[n+]1C(=O)O. The number of pyridine rings is 2. The summed E-state index contributed by atoms with van der Waals surface area (Å²) < 4.78 is 2.22. The Balaban J connectivity index is 2.42. The van der Waals surface area contributed by atoms with Crippen LogP contribution in [0, 0.1) is 0 Å². The molecule has 0 atom stereocenters.